The van der Waals surface area contributed by atoms with Crippen LogP contribution in [-0.2, 0) is 0 Å². The predicted octanol–water partition coefficient (Wildman–Crippen LogP) is 2.09. The molecule has 0 unspecified atom stereocenters. The van der Waals surface area contributed by atoms with Gasteiger partial charge in [0.15, 0.2) is 0 Å². The molecule has 1 aliphatic heterocycles. The Labute approximate surface area is 106 Å². The van der Waals surface area contributed by atoms with E-state index in [4.69, 9.17) is 0 Å². The number of nitrogens with zero attached hydrogens (tertiary/aromatic N) is 1. The van der Waals surface area contributed by atoms with Gasteiger partial charge in [-0.25, -0.2) is 4.79 Å². The maximum absolute atomic E-state index is 11.1. The lowest BCUT2D eigenvalue weighted by atomic mass is 9.89. The molecule has 1 aliphatic rings. The number of rotatable bonds is 2. The number of aromatic nitrogens is 2. The second-order valence-corrected chi connectivity index (χ2v) is 4.80. The van der Waals surface area contributed by atoms with Crippen LogP contribution in [0.5, 0.6) is 0 Å². The van der Waals surface area contributed by atoms with Gasteiger partial charge >= 0.3 is 5.69 Å². The van der Waals surface area contributed by atoms with Crippen LogP contribution in [0.3, 0.4) is 0 Å². The number of H-pyrrole nitrogens is 2. The van der Waals surface area contributed by atoms with E-state index in [1.165, 1.54) is 5.56 Å². The molecule has 2 N–H and O–H groups in total. The summed E-state index contributed by atoms with van der Waals surface area (Å²) in [6.45, 7) is 1.99. The third-order valence-electron chi connectivity index (χ3n) is 3.69. The van der Waals surface area contributed by atoms with Gasteiger partial charge in [-0.1, -0.05) is 30.3 Å². The normalized spacial score (nSPS) is 17.0. The Hall–Kier alpha value is -1.97. The van der Waals surface area contributed by atoms with E-state index in [1.54, 1.807) is 6.20 Å². The highest BCUT2D eigenvalue weighted by molar-refractivity contribution is 5.36. The highest BCUT2D eigenvalue weighted by Crippen LogP contribution is 2.29. The van der Waals surface area contributed by atoms with Gasteiger partial charge in [-0.2, -0.15) is 0 Å². The fraction of sp³-hybridized carbons (Fsp3) is 0.357. The summed E-state index contributed by atoms with van der Waals surface area (Å²) >= 11 is 0. The largest absolute Gasteiger partial charge is 0.357 e. The molecular formula is C14H17N3O. The number of anilines is 1. The van der Waals surface area contributed by atoms with Crippen molar-refractivity contribution in [2.45, 2.75) is 18.8 Å². The fourth-order valence-electron chi connectivity index (χ4n) is 2.67. The van der Waals surface area contributed by atoms with Crippen LogP contribution < -0.4 is 10.6 Å². The van der Waals surface area contributed by atoms with E-state index in [0.29, 0.717) is 5.92 Å². The highest BCUT2D eigenvalue weighted by Gasteiger charge is 2.21. The van der Waals surface area contributed by atoms with E-state index < -0.39 is 0 Å². The first-order valence-electron chi connectivity index (χ1n) is 6.40. The van der Waals surface area contributed by atoms with E-state index in [2.05, 4.69) is 45.2 Å². The summed E-state index contributed by atoms with van der Waals surface area (Å²) in [5, 5.41) is 0. The molecule has 1 aromatic heterocycles. The first-order chi connectivity index (χ1) is 8.83. The van der Waals surface area contributed by atoms with Crippen molar-refractivity contribution in [2.75, 3.05) is 18.0 Å². The molecule has 1 aromatic carbocycles. The van der Waals surface area contributed by atoms with Gasteiger partial charge in [0.05, 0.1) is 0 Å². The van der Waals surface area contributed by atoms with Crippen LogP contribution in [0.25, 0.3) is 0 Å². The second-order valence-electron chi connectivity index (χ2n) is 4.80. The van der Waals surface area contributed by atoms with Gasteiger partial charge < -0.3 is 9.88 Å². The van der Waals surface area contributed by atoms with Crippen molar-refractivity contribution in [1.29, 1.82) is 0 Å². The number of hydrogen-bond acceptors (Lipinski definition) is 2. The molecule has 0 amide bonds. The summed E-state index contributed by atoms with van der Waals surface area (Å²) in [5.74, 6) is 1.56. The van der Waals surface area contributed by atoms with Crippen molar-refractivity contribution in [1.82, 2.24) is 9.97 Å². The Morgan fingerprint density at radius 2 is 1.83 bits per heavy atom. The first-order valence-corrected chi connectivity index (χ1v) is 6.40. The quantitative estimate of drug-likeness (QED) is 0.848. The average molecular weight is 243 g/mol. The standard InChI is InChI=1S/C14H17N3O/c18-14-15-10-13(16-14)17-8-6-12(7-9-17)11-4-2-1-3-5-11/h1-5,10,12H,6-9H2,(H2,15,16,18). The smallest absolute Gasteiger partial charge is 0.324 e. The topological polar surface area (TPSA) is 51.9 Å². The number of nitrogens with one attached hydrogen (secondary N) is 2. The molecule has 1 saturated heterocycles. The van der Waals surface area contributed by atoms with Crippen molar-refractivity contribution in [3.8, 4) is 0 Å². The number of hydrogen-bond donors (Lipinski definition) is 2. The Bertz CT molecular complexity index is 550. The number of imidazole rings is 1. The van der Waals surface area contributed by atoms with Crippen LogP contribution in [0.15, 0.2) is 41.3 Å². The molecule has 4 heteroatoms. The van der Waals surface area contributed by atoms with Crippen LogP contribution in [-0.4, -0.2) is 23.1 Å². The SMILES string of the molecule is O=c1[nH]cc(N2CCC(c3ccccc3)CC2)[nH]1. The lowest BCUT2D eigenvalue weighted by molar-refractivity contribution is 0.503. The zero-order valence-corrected chi connectivity index (χ0v) is 10.2. The molecule has 0 spiro atoms. The van der Waals surface area contributed by atoms with Crippen molar-refractivity contribution in [3.63, 3.8) is 0 Å². The molecule has 94 valence electrons. The summed E-state index contributed by atoms with van der Waals surface area (Å²) < 4.78 is 0. The number of benzene rings is 1. The Morgan fingerprint density at radius 1 is 1.11 bits per heavy atom. The van der Waals surface area contributed by atoms with E-state index in [9.17, 15) is 4.79 Å². The molecule has 1 fully saturated rings. The maximum Gasteiger partial charge on any atom is 0.324 e. The number of piperidine rings is 1. The van der Waals surface area contributed by atoms with Crippen molar-refractivity contribution < 1.29 is 0 Å². The molecule has 0 saturated carbocycles. The van der Waals surface area contributed by atoms with Crippen LogP contribution in [0, 0.1) is 0 Å². The van der Waals surface area contributed by atoms with Crippen molar-refractivity contribution in [3.05, 3.63) is 52.6 Å². The summed E-state index contributed by atoms with van der Waals surface area (Å²) in [6, 6.07) is 10.7. The van der Waals surface area contributed by atoms with Gasteiger partial charge in [0.25, 0.3) is 0 Å². The maximum atomic E-state index is 11.1. The van der Waals surface area contributed by atoms with Crippen LogP contribution >= 0.6 is 0 Å². The van der Waals surface area contributed by atoms with Gasteiger partial charge in [-0.05, 0) is 24.3 Å². The predicted molar refractivity (Wildman–Crippen MR) is 72.0 cm³/mol. The van der Waals surface area contributed by atoms with Gasteiger partial charge in [0.2, 0.25) is 0 Å². The minimum atomic E-state index is -0.129. The molecule has 0 aliphatic carbocycles. The lowest BCUT2D eigenvalue weighted by Gasteiger charge is -2.32. The van der Waals surface area contributed by atoms with Gasteiger partial charge in [0.1, 0.15) is 5.82 Å². The third kappa shape index (κ3) is 2.18. The molecule has 3 rings (SSSR count). The second kappa shape index (κ2) is 4.72. The molecule has 2 aromatic rings. The Morgan fingerprint density at radius 3 is 2.44 bits per heavy atom. The van der Waals surface area contributed by atoms with Crippen LogP contribution in [0.1, 0.15) is 24.3 Å². The van der Waals surface area contributed by atoms with Crippen LogP contribution in [0.4, 0.5) is 5.82 Å². The first kappa shape index (κ1) is 11.1. The van der Waals surface area contributed by atoms with Gasteiger partial charge in [-0.3, -0.25) is 4.98 Å². The van der Waals surface area contributed by atoms with Crippen molar-refractivity contribution >= 4 is 5.82 Å². The zero-order chi connectivity index (χ0) is 12.4. The average Bonchev–Trinajstić information content (AvgIpc) is 2.87. The van der Waals surface area contributed by atoms with E-state index in [1.807, 2.05) is 0 Å². The summed E-state index contributed by atoms with van der Waals surface area (Å²) in [6.07, 6.45) is 4.03. The van der Waals surface area contributed by atoms with E-state index in [0.717, 1.165) is 31.7 Å². The Balaban J connectivity index is 1.66. The fourth-order valence-corrected chi connectivity index (χ4v) is 2.67. The summed E-state index contributed by atoms with van der Waals surface area (Å²) in [4.78, 5) is 18.8. The molecule has 18 heavy (non-hydrogen) atoms. The highest BCUT2D eigenvalue weighted by atomic mass is 16.1. The van der Waals surface area contributed by atoms with Crippen molar-refractivity contribution in [2.24, 2.45) is 0 Å². The summed E-state index contributed by atoms with van der Waals surface area (Å²) in [7, 11) is 0. The molecule has 2 heterocycles. The minimum absolute atomic E-state index is 0.129. The summed E-state index contributed by atoms with van der Waals surface area (Å²) in [5.41, 5.74) is 1.30. The van der Waals surface area contributed by atoms with Gasteiger partial charge in [-0.15, -0.1) is 0 Å². The Kier molecular flexibility index (Phi) is 2.92. The monoisotopic (exact) mass is 243 g/mol. The third-order valence-corrected chi connectivity index (χ3v) is 3.69. The zero-order valence-electron chi connectivity index (χ0n) is 10.2. The molecule has 0 atom stereocenters. The number of aromatic amines is 2. The molecular weight excluding hydrogens is 226 g/mol. The van der Waals surface area contributed by atoms with Gasteiger partial charge in [0, 0.05) is 19.3 Å². The van der Waals surface area contributed by atoms with E-state index >= 15 is 0 Å². The van der Waals surface area contributed by atoms with Crippen LogP contribution in [0.2, 0.25) is 0 Å². The lowest BCUT2D eigenvalue weighted by Crippen LogP contribution is -2.33. The molecule has 4 nitrogen and oxygen atoms in total. The minimum Gasteiger partial charge on any atom is -0.357 e. The molecule has 0 radical (unpaired) electrons. The van der Waals surface area contributed by atoms with E-state index in [-0.39, 0.29) is 5.69 Å². The molecule has 0 bridgehead atoms.